The number of aromatic nitrogens is 2. The lowest BCUT2D eigenvalue weighted by molar-refractivity contribution is 0.0941. The third-order valence-electron chi connectivity index (χ3n) is 5.82. The van der Waals surface area contributed by atoms with Gasteiger partial charge in [-0.2, -0.15) is 0 Å². The molecule has 3 aromatic rings. The van der Waals surface area contributed by atoms with E-state index in [1.807, 2.05) is 28.8 Å². The first kappa shape index (κ1) is 21.3. The number of carbonyl (C=O) groups excluding carboxylic acids is 1. The Labute approximate surface area is 184 Å². The fourth-order valence-electron chi connectivity index (χ4n) is 4.18. The number of nitrogens with zero attached hydrogens (tertiary/aromatic N) is 2. The number of nitrogen functional groups attached to an aromatic ring is 1. The maximum Gasteiger partial charge on any atom is 0.326 e. The number of para-hydroxylation sites is 2. The topological polar surface area (TPSA) is 105 Å². The van der Waals surface area contributed by atoms with Crippen molar-refractivity contribution < 1.29 is 9.53 Å². The number of benzene rings is 2. The average Bonchev–Trinajstić information content (AvgIpc) is 3.11. The molecule has 0 saturated carbocycles. The highest BCUT2D eigenvalue weighted by molar-refractivity contribution is 6.33. The maximum absolute atomic E-state index is 12.5. The van der Waals surface area contributed by atoms with Crippen LogP contribution < -0.4 is 21.5 Å². The summed E-state index contributed by atoms with van der Waals surface area (Å²) in [7, 11) is 1.49. The molecule has 8 nitrogen and oxygen atoms in total. The summed E-state index contributed by atoms with van der Waals surface area (Å²) in [6.45, 7) is 2.96. The van der Waals surface area contributed by atoms with Crippen LogP contribution in [-0.2, 0) is 0 Å². The number of carbonyl (C=O) groups is 1. The third-order valence-corrected chi connectivity index (χ3v) is 6.15. The van der Waals surface area contributed by atoms with Gasteiger partial charge in [-0.3, -0.25) is 9.36 Å². The number of fused-ring (bicyclic) bond motifs is 1. The van der Waals surface area contributed by atoms with Gasteiger partial charge in [-0.1, -0.05) is 23.7 Å². The van der Waals surface area contributed by atoms with Crippen LogP contribution in [0.25, 0.3) is 11.0 Å². The van der Waals surface area contributed by atoms with Gasteiger partial charge in [0.1, 0.15) is 5.75 Å². The number of hydrogen-bond acceptors (Lipinski definition) is 5. The van der Waals surface area contributed by atoms with Crippen molar-refractivity contribution in [2.24, 2.45) is 0 Å². The summed E-state index contributed by atoms with van der Waals surface area (Å²) in [6.07, 6.45) is 1.77. The number of hydrogen-bond donors (Lipinski definition) is 3. The van der Waals surface area contributed by atoms with E-state index in [9.17, 15) is 9.59 Å². The number of piperidine rings is 1. The monoisotopic (exact) mass is 443 g/mol. The number of nitrogens with one attached hydrogen (secondary N) is 2. The lowest BCUT2D eigenvalue weighted by atomic mass is 10.0. The van der Waals surface area contributed by atoms with Crippen molar-refractivity contribution in [3.63, 3.8) is 0 Å². The van der Waals surface area contributed by atoms with Gasteiger partial charge in [0.15, 0.2) is 0 Å². The van der Waals surface area contributed by atoms with Crippen molar-refractivity contribution in [3.05, 3.63) is 57.5 Å². The zero-order valence-corrected chi connectivity index (χ0v) is 18.1. The number of likely N-dealkylation sites (tertiary alicyclic amines) is 1. The maximum atomic E-state index is 12.5. The fraction of sp³-hybridized carbons (Fsp3) is 0.364. The second-order valence-electron chi connectivity index (χ2n) is 7.72. The zero-order valence-electron chi connectivity index (χ0n) is 17.4. The van der Waals surface area contributed by atoms with Gasteiger partial charge in [-0.25, -0.2) is 4.79 Å². The summed E-state index contributed by atoms with van der Waals surface area (Å²) in [5.74, 6) is 0.142. The summed E-state index contributed by atoms with van der Waals surface area (Å²) >= 11 is 6.05. The lowest BCUT2D eigenvalue weighted by Crippen LogP contribution is -2.41. The summed E-state index contributed by atoms with van der Waals surface area (Å²) in [5.41, 5.74) is 8.28. The quantitative estimate of drug-likeness (QED) is 0.508. The first-order valence-electron chi connectivity index (χ1n) is 10.3. The van der Waals surface area contributed by atoms with Crippen LogP contribution in [0.15, 0.2) is 41.2 Å². The van der Waals surface area contributed by atoms with Crippen molar-refractivity contribution in [1.29, 1.82) is 0 Å². The minimum atomic E-state index is -0.251. The van der Waals surface area contributed by atoms with Crippen LogP contribution >= 0.6 is 11.6 Å². The van der Waals surface area contributed by atoms with Crippen molar-refractivity contribution in [2.75, 3.05) is 39.0 Å². The number of imidazole rings is 1. The van der Waals surface area contributed by atoms with E-state index in [2.05, 4.69) is 15.2 Å². The Balaban J connectivity index is 1.31. The van der Waals surface area contributed by atoms with Gasteiger partial charge >= 0.3 is 5.69 Å². The van der Waals surface area contributed by atoms with Gasteiger partial charge in [-0.05, 0) is 31.0 Å². The van der Waals surface area contributed by atoms with Crippen LogP contribution in [0.2, 0.25) is 5.02 Å². The van der Waals surface area contributed by atoms with Crippen LogP contribution in [0.3, 0.4) is 0 Å². The molecular formula is C22H26ClN5O3. The zero-order chi connectivity index (χ0) is 22.0. The molecule has 0 radical (unpaired) electrons. The first-order valence-corrected chi connectivity index (χ1v) is 10.7. The van der Waals surface area contributed by atoms with Crippen LogP contribution in [-0.4, -0.2) is 53.6 Å². The molecule has 2 heterocycles. The van der Waals surface area contributed by atoms with E-state index in [0.717, 1.165) is 43.5 Å². The van der Waals surface area contributed by atoms with Crippen LogP contribution in [0.5, 0.6) is 5.75 Å². The van der Waals surface area contributed by atoms with E-state index in [0.29, 0.717) is 28.6 Å². The van der Waals surface area contributed by atoms with E-state index in [1.54, 1.807) is 6.07 Å². The molecule has 0 atom stereocenters. The Morgan fingerprint density at radius 2 is 2.03 bits per heavy atom. The van der Waals surface area contributed by atoms with Crippen LogP contribution in [0.4, 0.5) is 5.69 Å². The molecule has 0 bridgehead atoms. The fourth-order valence-corrected chi connectivity index (χ4v) is 4.34. The average molecular weight is 444 g/mol. The second-order valence-corrected chi connectivity index (χ2v) is 8.13. The molecule has 1 aromatic heterocycles. The van der Waals surface area contributed by atoms with Crippen LogP contribution in [0.1, 0.15) is 29.2 Å². The summed E-state index contributed by atoms with van der Waals surface area (Å²) in [6, 6.07) is 11.0. The van der Waals surface area contributed by atoms with E-state index in [4.69, 9.17) is 22.1 Å². The number of halogens is 1. The van der Waals surface area contributed by atoms with Gasteiger partial charge in [0, 0.05) is 38.3 Å². The van der Waals surface area contributed by atoms with Crippen molar-refractivity contribution in [1.82, 2.24) is 19.8 Å². The number of anilines is 1. The Morgan fingerprint density at radius 1 is 1.29 bits per heavy atom. The number of ether oxygens (including phenoxy) is 1. The molecular weight excluding hydrogens is 418 g/mol. The highest BCUT2D eigenvalue weighted by atomic mass is 35.5. The summed E-state index contributed by atoms with van der Waals surface area (Å²) < 4.78 is 7.13. The number of nitrogens with two attached hydrogens (primary N) is 1. The number of H-pyrrole nitrogens is 1. The molecule has 4 N–H and O–H groups in total. The molecule has 9 heteroatoms. The predicted octanol–water partition coefficient (Wildman–Crippen LogP) is 2.64. The van der Waals surface area contributed by atoms with Crippen molar-refractivity contribution in [3.8, 4) is 5.75 Å². The molecule has 164 valence electrons. The molecule has 1 fully saturated rings. The first-order chi connectivity index (χ1) is 15.0. The van der Waals surface area contributed by atoms with Crippen LogP contribution in [0, 0.1) is 0 Å². The molecule has 1 saturated heterocycles. The number of methoxy groups -OCH3 is 1. The largest absolute Gasteiger partial charge is 0.496 e. The Morgan fingerprint density at radius 3 is 2.77 bits per heavy atom. The van der Waals surface area contributed by atoms with Gasteiger partial charge in [-0.15, -0.1) is 0 Å². The van der Waals surface area contributed by atoms with E-state index < -0.39 is 0 Å². The number of aromatic amines is 1. The highest BCUT2D eigenvalue weighted by Crippen LogP contribution is 2.29. The Bertz CT molecular complexity index is 1150. The molecule has 0 unspecified atom stereocenters. The summed E-state index contributed by atoms with van der Waals surface area (Å²) in [4.78, 5) is 30.2. The summed E-state index contributed by atoms with van der Waals surface area (Å²) in [5, 5.41) is 3.24. The van der Waals surface area contributed by atoms with E-state index >= 15 is 0 Å². The van der Waals surface area contributed by atoms with Gasteiger partial charge in [0.2, 0.25) is 0 Å². The molecule has 1 aliphatic rings. The number of amides is 1. The lowest BCUT2D eigenvalue weighted by Gasteiger charge is -2.32. The van der Waals surface area contributed by atoms with Crippen molar-refractivity contribution in [2.45, 2.75) is 18.9 Å². The SMILES string of the molecule is COc1cc(N)c(Cl)cc1C(=O)NCCN1CCC(n2c(=O)[nH]c3ccccc32)CC1. The standard InChI is InChI=1S/C22H26ClN5O3/c1-31-20-13-17(24)16(23)12-15(20)21(29)25-8-11-27-9-6-14(7-10-27)28-19-5-3-2-4-18(19)26-22(28)30/h2-5,12-14H,6-11,24H2,1H3,(H,25,29)(H,26,30). The Kier molecular flexibility index (Phi) is 6.20. The molecule has 0 aliphatic carbocycles. The smallest absolute Gasteiger partial charge is 0.326 e. The predicted molar refractivity (Wildman–Crippen MR) is 122 cm³/mol. The molecule has 1 amide bonds. The normalized spacial score (nSPS) is 15.3. The molecule has 31 heavy (non-hydrogen) atoms. The van der Waals surface area contributed by atoms with Crippen molar-refractivity contribution >= 4 is 34.2 Å². The van der Waals surface area contributed by atoms with Gasteiger partial charge in [0.25, 0.3) is 5.91 Å². The molecule has 4 rings (SSSR count). The molecule has 1 aliphatic heterocycles. The Hall–Kier alpha value is -2.97. The second kappa shape index (κ2) is 9.03. The molecule has 0 spiro atoms. The highest BCUT2D eigenvalue weighted by Gasteiger charge is 2.23. The van der Waals surface area contributed by atoms with Gasteiger partial charge < -0.3 is 25.7 Å². The minimum absolute atomic E-state index is 0.0528. The molecule has 2 aromatic carbocycles. The van der Waals surface area contributed by atoms with E-state index in [-0.39, 0.29) is 17.6 Å². The van der Waals surface area contributed by atoms with E-state index in [1.165, 1.54) is 13.2 Å². The minimum Gasteiger partial charge on any atom is -0.496 e. The van der Waals surface area contributed by atoms with Gasteiger partial charge in [0.05, 0.1) is 34.4 Å². The number of rotatable bonds is 6. The third kappa shape index (κ3) is 4.40.